The van der Waals surface area contributed by atoms with Crippen molar-refractivity contribution in [3.8, 4) is 0 Å². The molecule has 0 fully saturated rings. The zero-order valence-electron chi connectivity index (χ0n) is 12.1. The van der Waals surface area contributed by atoms with Crippen LogP contribution < -0.4 is 5.32 Å². The highest BCUT2D eigenvalue weighted by Crippen LogP contribution is 2.32. The van der Waals surface area contributed by atoms with Gasteiger partial charge in [-0.15, -0.1) is 0 Å². The molecule has 0 radical (unpaired) electrons. The van der Waals surface area contributed by atoms with Crippen molar-refractivity contribution in [3.63, 3.8) is 0 Å². The standard InChI is InChI=1S/C15H16F2N4O/c1-18-15(22)21-5-4-13-11(8-19-20-13)14(21)6-9-2-3-10(16)7-12(9)17/h2-3,7-8,14H,4-6H2,1H3,(H,18,22)(H,19,20). The Morgan fingerprint density at radius 1 is 1.50 bits per heavy atom. The number of aromatic amines is 1. The van der Waals surface area contributed by atoms with Crippen molar-refractivity contribution >= 4 is 6.03 Å². The number of carbonyl (C=O) groups excluding carboxylic acids is 1. The summed E-state index contributed by atoms with van der Waals surface area (Å²) in [6, 6.07) is 2.95. The predicted octanol–water partition coefficient (Wildman–Crippen LogP) is 2.17. The van der Waals surface area contributed by atoms with Gasteiger partial charge < -0.3 is 10.2 Å². The van der Waals surface area contributed by atoms with E-state index in [9.17, 15) is 13.6 Å². The van der Waals surface area contributed by atoms with Crippen LogP contribution in [-0.2, 0) is 12.8 Å². The second-order valence-corrected chi connectivity index (χ2v) is 5.26. The van der Waals surface area contributed by atoms with Crippen LogP contribution >= 0.6 is 0 Å². The topological polar surface area (TPSA) is 61.0 Å². The number of H-pyrrole nitrogens is 1. The third-order valence-electron chi connectivity index (χ3n) is 3.99. The van der Waals surface area contributed by atoms with Gasteiger partial charge in [0, 0.05) is 43.8 Å². The van der Waals surface area contributed by atoms with Crippen LogP contribution in [0.2, 0.25) is 0 Å². The summed E-state index contributed by atoms with van der Waals surface area (Å²) in [7, 11) is 1.56. The molecule has 2 amide bonds. The zero-order valence-corrected chi connectivity index (χ0v) is 12.1. The van der Waals surface area contributed by atoms with Crippen LogP contribution in [-0.4, -0.2) is 34.7 Å². The Balaban J connectivity index is 1.95. The summed E-state index contributed by atoms with van der Waals surface area (Å²) in [5.41, 5.74) is 2.20. The summed E-state index contributed by atoms with van der Waals surface area (Å²) >= 11 is 0. The van der Waals surface area contributed by atoms with E-state index in [0.717, 1.165) is 17.3 Å². The van der Waals surface area contributed by atoms with Gasteiger partial charge in [-0.05, 0) is 11.6 Å². The van der Waals surface area contributed by atoms with Crippen molar-refractivity contribution in [3.05, 3.63) is 52.9 Å². The molecule has 2 aromatic rings. The van der Waals surface area contributed by atoms with Gasteiger partial charge in [0.05, 0.1) is 12.2 Å². The molecular weight excluding hydrogens is 290 g/mol. The second-order valence-electron chi connectivity index (χ2n) is 5.26. The lowest BCUT2D eigenvalue weighted by Gasteiger charge is -2.35. The fraction of sp³-hybridized carbons (Fsp3) is 0.333. The maximum atomic E-state index is 13.9. The summed E-state index contributed by atoms with van der Waals surface area (Å²) in [5, 5.41) is 9.53. The van der Waals surface area contributed by atoms with E-state index >= 15 is 0 Å². The monoisotopic (exact) mass is 306 g/mol. The number of benzene rings is 1. The highest BCUT2D eigenvalue weighted by Gasteiger charge is 2.32. The van der Waals surface area contributed by atoms with Crippen LogP contribution in [0.3, 0.4) is 0 Å². The summed E-state index contributed by atoms with van der Waals surface area (Å²) in [5.74, 6) is -1.22. The van der Waals surface area contributed by atoms with Gasteiger partial charge in [0.1, 0.15) is 11.6 Å². The van der Waals surface area contributed by atoms with E-state index in [1.54, 1.807) is 18.1 Å². The van der Waals surface area contributed by atoms with Gasteiger partial charge >= 0.3 is 6.03 Å². The molecule has 3 rings (SSSR count). The first-order chi connectivity index (χ1) is 10.6. The minimum absolute atomic E-state index is 0.223. The average molecular weight is 306 g/mol. The molecule has 1 aliphatic rings. The van der Waals surface area contributed by atoms with Crippen molar-refractivity contribution in [1.82, 2.24) is 20.4 Å². The van der Waals surface area contributed by atoms with Crippen LogP contribution in [0.15, 0.2) is 24.4 Å². The largest absolute Gasteiger partial charge is 0.341 e. The molecule has 0 aliphatic carbocycles. The van der Waals surface area contributed by atoms with E-state index in [1.807, 2.05) is 0 Å². The van der Waals surface area contributed by atoms with Gasteiger partial charge in [-0.2, -0.15) is 5.10 Å². The number of halogens is 2. The van der Waals surface area contributed by atoms with Gasteiger partial charge in [-0.25, -0.2) is 13.6 Å². The lowest BCUT2D eigenvalue weighted by Crippen LogP contribution is -2.45. The number of nitrogens with one attached hydrogen (secondary N) is 2. The summed E-state index contributed by atoms with van der Waals surface area (Å²) < 4.78 is 27.0. The van der Waals surface area contributed by atoms with Crippen LogP contribution in [0.4, 0.5) is 13.6 Å². The van der Waals surface area contributed by atoms with Gasteiger partial charge in [-0.1, -0.05) is 6.07 Å². The first-order valence-corrected chi connectivity index (χ1v) is 7.04. The quantitative estimate of drug-likeness (QED) is 0.893. The molecule has 0 saturated heterocycles. The molecule has 1 atom stereocenters. The van der Waals surface area contributed by atoms with Crippen LogP contribution in [0.25, 0.3) is 0 Å². The lowest BCUT2D eigenvalue weighted by molar-refractivity contribution is 0.170. The third kappa shape index (κ3) is 2.54. The first-order valence-electron chi connectivity index (χ1n) is 7.04. The Bertz CT molecular complexity index is 701. The van der Waals surface area contributed by atoms with E-state index < -0.39 is 11.6 Å². The minimum atomic E-state index is -0.614. The van der Waals surface area contributed by atoms with E-state index in [1.165, 1.54) is 12.1 Å². The Morgan fingerprint density at radius 2 is 2.32 bits per heavy atom. The molecule has 2 heterocycles. The molecule has 22 heavy (non-hydrogen) atoms. The Morgan fingerprint density at radius 3 is 3.05 bits per heavy atom. The van der Waals surface area contributed by atoms with Crippen molar-refractivity contribution in [2.75, 3.05) is 13.6 Å². The fourth-order valence-corrected chi connectivity index (χ4v) is 2.87. The SMILES string of the molecule is CNC(=O)N1CCc2[nH]ncc2C1Cc1ccc(F)cc1F. The number of nitrogens with zero attached hydrogens (tertiary/aromatic N) is 2. The third-order valence-corrected chi connectivity index (χ3v) is 3.99. The van der Waals surface area contributed by atoms with E-state index in [2.05, 4.69) is 15.5 Å². The molecule has 116 valence electrons. The lowest BCUT2D eigenvalue weighted by atomic mass is 9.93. The Kier molecular flexibility index (Phi) is 3.79. The van der Waals surface area contributed by atoms with Crippen molar-refractivity contribution < 1.29 is 13.6 Å². The predicted molar refractivity (Wildman–Crippen MR) is 76.3 cm³/mol. The number of urea groups is 1. The fourth-order valence-electron chi connectivity index (χ4n) is 2.87. The maximum Gasteiger partial charge on any atom is 0.317 e. The molecule has 1 unspecified atom stereocenters. The molecule has 0 saturated carbocycles. The number of rotatable bonds is 2. The van der Waals surface area contributed by atoms with E-state index in [-0.39, 0.29) is 18.5 Å². The minimum Gasteiger partial charge on any atom is -0.341 e. The molecule has 1 aliphatic heterocycles. The molecular formula is C15H16F2N4O. The molecule has 0 bridgehead atoms. The number of aromatic nitrogens is 2. The molecule has 2 N–H and O–H groups in total. The first kappa shape index (κ1) is 14.5. The number of hydrogen-bond donors (Lipinski definition) is 2. The highest BCUT2D eigenvalue weighted by atomic mass is 19.1. The van der Waals surface area contributed by atoms with Crippen LogP contribution in [0, 0.1) is 11.6 Å². The zero-order chi connectivity index (χ0) is 15.7. The maximum absolute atomic E-state index is 13.9. The summed E-state index contributed by atoms with van der Waals surface area (Å²) in [6.07, 6.45) is 2.60. The Labute approximate surface area is 126 Å². The molecule has 5 nitrogen and oxygen atoms in total. The van der Waals surface area contributed by atoms with Crippen LogP contribution in [0.5, 0.6) is 0 Å². The smallest absolute Gasteiger partial charge is 0.317 e. The van der Waals surface area contributed by atoms with Crippen molar-refractivity contribution in [2.45, 2.75) is 18.9 Å². The second kappa shape index (κ2) is 5.75. The Hall–Kier alpha value is -2.44. The van der Waals surface area contributed by atoms with Crippen LogP contribution in [0.1, 0.15) is 22.9 Å². The number of amides is 2. The molecule has 7 heteroatoms. The highest BCUT2D eigenvalue weighted by molar-refractivity contribution is 5.74. The normalized spacial score (nSPS) is 17.2. The molecule has 0 spiro atoms. The summed E-state index contributed by atoms with van der Waals surface area (Å²) in [6.45, 7) is 0.516. The van der Waals surface area contributed by atoms with Gasteiger partial charge in [0.25, 0.3) is 0 Å². The number of fused-ring (bicyclic) bond motifs is 1. The number of carbonyl (C=O) groups is 1. The average Bonchev–Trinajstić information content (AvgIpc) is 2.98. The summed E-state index contributed by atoms with van der Waals surface area (Å²) in [4.78, 5) is 13.7. The van der Waals surface area contributed by atoms with Crippen molar-refractivity contribution in [2.24, 2.45) is 0 Å². The van der Waals surface area contributed by atoms with Crippen molar-refractivity contribution in [1.29, 1.82) is 0 Å². The van der Waals surface area contributed by atoms with E-state index in [0.29, 0.717) is 18.5 Å². The van der Waals surface area contributed by atoms with Gasteiger partial charge in [-0.3, -0.25) is 5.10 Å². The van der Waals surface area contributed by atoms with Gasteiger partial charge in [0.15, 0.2) is 0 Å². The molecule has 1 aromatic carbocycles. The van der Waals surface area contributed by atoms with E-state index in [4.69, 9.17) is 0 Å². The molecule has 1 aromatic heterocycles. The number of hydrogen-bond acceptors (Lipinski definition) is 2. The van der Waals surface area contributed by atoms with Gasteiger partial charge in [0.2, 0.25) is 0 Å².